The molecule has 1 unspecified atom stereocenters. The van der Waals surface area contributed by atoms with Gasteiger partial charge in [-0.25, -0.2) is 4.79 Å². The average molecular weight is 419 g/mol. The van der Waals surface area contributed by atoms with E-state index >= 15 is 0 Å². The van der Waals surface area contributed by atoms with Crippen molar-refractivity contribution in [3.8, 4) is 0 Å². The number of carbonyl (C=O) groups excluding carboxylic acids is 2. The zero-order chi connectivity index (χ0) is 20.7. The van der Waals surface area contributed by atoms with Crippen molar-refractivity contribution in [3.05, 3.63) is 52.4 Å². The lowest BCUT2D eigenvalue weighted by molar-refractivity contribution is -0.142. The van der Waals surface area contributed by atoms with Gasteiger partial charge in [0.1, 0.15) is 10.4 Å². The topological polar surface area (TPSA) is 86.7 Å². The molecule has 0 spiro atoms. The number of thiocarbonyl (C=S) groups is 1. The summed E-state index contributed by atoms with van der Waals surface area (Å²) in [5.74, 6) is -1.74. The minimum atomic E-state index is -1.08. The summed E-state index contributed by atoms with van der Waals surface area (Å²) in [6.45, 7) is 3.70. The molecule has 1 fully saturated rings. The van der Waals surface area contributed by atoms with Crippen LogP contribution in [0, 0.1) is 0 Å². The van der Waals surface area contributed by atoms with E-state index in [1.165, 1.54) is 16.7 Å². The van der Waals surface area contributed by atoms with Gasteiger partial charge in [0.15, 0.2) is 0 Å². The Morgan fingerprint density at radius 3 is 2.61 bits per heavy atom. The van der Waals surface area contributed by atoms with Crippen molar-refractivity contribution >= 4 is 52.2 Å². The van der Waals surface area contributed by atoms with E-state index in [1.807, 2.05) is 43.3 Å². The van der Waals surface area contributed by atoms with Crippen LogP contribution in [0.4, 0.5) is 0 Å². The highest BCUT2D eigenvalue weighted by atomic mass is 32.2. The minimum absolute atomic E-state index is 0.0116. The molecule has 2 N–H and O–H groups in total. The van der Waals surface area contributed by atoms with E-state index in [9.17, 15) is 14.4 Å². The Balaban J connectivity index is 1.98. The Labute approximate surface area is 173 Å². The fraction of sp³-hybridized carbons (Fsp3) is 0.300. The number of aliphatic carboxylic acids is 1. The number of hydrogen-bond donors (Lipinski definition) is 2. The Kier molecular flexibility index (Phi) is 7.95. The number of thioether (sulfide) groups is 1. The highest BCUT2D eigenvalue weighted by molar-refractivity contribution is 8.26. The van der Waals surface area contributed by atoms with Crippen molar-refractivity contribution in [2.45, 2.75) is 32.7 Å². The van der Waals surface area contributed by atoms with Crippen LogP contribution in [-0.4, -0.2) is 44.7 Å². The molecule has 0 bridgehead atoms. The van der Waals surface area contributed by atoms with E-state index in [1.54, 1.807) is 13.0 Å². The summed E-state index contributed by atoms with van der Waals surface area (Å²) < 4.78 is 0.391. The van der Waals surface area contributed by atoms with Crippen LogP contribution in [0.3, 0.4) is 0 Å². The molecule has 0 radical (unpaired) electrons. The van der Waals surface area contributed by atoms with E-state index in [0.29, 0.717) is 9.23 Å². The number of benzene rings is 1. The summed E-state index contributed by atoms with van der Waals surface area (Å²) in [5, 5.41) is 11.4. The second-order valence-electron chi connectivity index (χ2n) is 6.25. The third kappa shape index (κ3) is 6.03. The molecule has 2 amide bonds. The van der Waals surface area contributed by atoms with Gasteiger partial charge in [0.2, 0.25) is 5.91 Å². The first-order valence-electron chi connectivity index (χ1n) is 8.82. The third-order valence-electron chi connectivity index (χ3n) is 4.03. The average Bonchev–Trinajstić information content (AvgIpc) is 2.91. The van der Waals surface area contributed by atoms with Gasteiger partial charge in [-0.05, 0) is 30.6 Å². The third-order valence-corrected chi connectivity index (χ3v) is 5.41. The molecular weight excluding hydrogens is 396 g/mol. The first-order chi connectivity index (χ1) is 13.3. The van der Waals surface area contributed by atoms with Crippen LogP contribution in [0.25, 0.3) is 6.08 Å². The maximum atomic E-state index is 12.6. The fourth-order valence-electron chi connectivity index (χ4n) is 2.57. The van der Waals surface area contributed by atoms with Gasteiger partial charge in [-0.1, -0.05) is 67.3 Å². The molecule has 1 aliphatic rings. The number of amides is 2. The lowest BCUT2D eigenvalue weighted by Crippen LogP contribution is -2.42. The normalized spacial score (nSPS) is 17.1. The molecule has 6 nitrogen and oxygen atoms in total. The van der Waals surface area contributed by atoms with Crippen molar-refractivity contribution < 1.29 is 19.5 Å². The largest absolute Gasteiger partial charge is 0.480 e. The predicted octanol–water partition coefficient (Wildman–Crippen LogP) is 3.20. The number of rotatable bonds is 8. The molecule has 0 saturated carbocycles. The van der Waals surface area contributed by atoms with E-state index in [0.717, 1.165) is 11.1 Å². The number of hydrogen-bond acceptors (Lipinski definition) is 5. The monoisotopic (exact) mass is 418 g/mol. The van der Waals surface area contributed by atoms with Gasteiger partial charge >= 0.3 is 5.97 Å². The molecule has 148 valence electrons. The quantitative estimate of drug-likeness (QED) is 0.498. The van der Waals surface area contributed by atoms with Gasteiger partial charge in [-0.15, -0.1) is 0 Å². The molecule has 0 aliphatic carbocycles. The van der Waals surface area contributed by atoms with Gasteiger partial charge in [0.25, 0.3) is 5.91 Å². The second-order valence-corrected chi connectivity index (χ2v) is 7.92. The summed E-state index contributed by atoms with van der Waals surface area (Å²) in [6, 6.07) is 8.84. The number of carbonyl (C=O) groups is 3. The van der Waals surface area contributed by atoms with Crippen molar-refractivity contribution in [1.82, 2.24) is 10.2 Å². The first-order valence-corrected chi connectivity index (χ1v) is 10.0. The van der Waals surface area contributed by atoms with E-state index < -0.39 is 17.9 Å². The smallest absolute Gasteiger partial charge is 0.326 e. The Bertz CT molecular complexity index is 834. The molecular formula is C20H22N2O4S2. The standard InChI is InChI=1S/C20H22N2O4S2/c1-3-15(19(25)26)21-17(23)9-10-22-18(24)16(28-20(22)27)12-13(2)11-14-7-5-4-6-8-14/h4-8,11-12,15H,3,9-10H2,1-2H3,(H,21,23)(H,25,26)/b13-11+,16-12+. The van der Waals surface area contributed by atoms with Crippen LogP contribution < -0.4 is 5.32 Å². The molecule has 2 rings (SSSR count). The zero-order valence-corrected chi connectivity index (χ0v) is 17.3. The number of nitrogens with zero attached hydrogens (tertiary/aromatic N) is 1. The van der Waals surface area contributed by atoms with Crippen LogP contribution in [0.15, 0.2) is 46.9 Å². The van der Waals surface area contributed by atoms with Gasteiger partial charge in [0, 0.05) is 13.0 Å². The first kappa shape index (κ1) is 21.8. The van der Waals surface area contributed by atoms with E-state index in [4.69, 9.17) is 17.3 Å². The van der Waals surface area contributed by atoms with Crippen LogP contribution in [0.2, 0.25) is 0 Å². The molecule has 1 heterocycles. The molecule has 1 saturated heterocycles. The van der Waals surface area contributed by atoms with Crippen molar-refractivity contribution in [2.75, 3.05) is 6.54 Å². The second kappa shape index (κ2) is 10.2. The van der Waals surface area contributed by atoms with Crippen LogP contribution in [-0.2, 0) is 14.4 Å². The molecule has 1 aliphatic heterocycles. The van der Waals surface area contributed by atoms with Crippen LogP contribution >= 0.6 is 24.0 Å². The molecule has 0 aromatic heterocycles. The van der Waals surface area contributed by atoms with Crippen molar-refractivity contribution in [2.24, 2.45) is 0 Å². The van der Waals surface area contributed by atoms with E-state index in [-0.39, 0.29) is 25.3 Å². The molecule has 8 heteroatoms. The minimum Gasteiger partial charge on any atom is -0.480 e. The number of nitrogens with one attached hydrogen (secondary N) is 1. The summed E-state index contributed by atoms with van der Waals surface area (Å²) >= 11 is 6.46. The Morgan fingerprint density at radius 2 is 2.00 bits per heavy atom. The molecule has 1 aromatic rings. The van der Waals surface area contributed by atoms with Crippen LogP contribution in [0.5, 0.6) is 0 Å². The lowest BCUT2D eigenvalue weighted by Gasteiger charge is -2.16. The number of allylic oxidation sites excluding steroid dienone is 2. The number of carboxylic acids is 1. The summed E-state index contributed by atoms with van der Waals surface area (Å²) in [6.07, 6.45) is 4.03. The predicted molar refractivity (Wildman–Crippen MR) is 115 cm³/mol. The summed E-state index contributed by atoms with van der Waals surface area (Å²) in [5.41, 5.74) is 1.95. The molecule has 1 aromatic carbocycles. The Hall–Kier alpha value is -2.45. The van der Waals surface area contributed by atoms with Gasteiger partial charge < -0.3 is 10.4 Å². The maximum Gasteiger partial charge on any atom is 0.326 e. The van der Waals surface area contributed by atoms with Crippen molar-refractivity contribution in [3.63, 3.8) is 0 Å². The molecule has 28 heavy (non-hydrogen) atoms. The van der Waals surface area contributed by atoms with Crippen molar-refractivity contribution in [1.29, 1.82) is 0 Å². The fourth-order valence-corrected chi connectivity index (χ4v) is 3.93. The highest BCUT2D eigenvalue weighted by Gasteiger charge is 2.32. The SMILES string of the molecule is CCC(NC(=O)CCN1C(=O)/C(=C\C(C)=C\c2ccccc2)SC1=S)C(=O)O. The van der Waals surface area contributed by atoms with Gasteiger partial charge in [-0.2, -0.15) is 0 Å². The van der Waals surface area contributed by atoms with E-state index in [2.05, 4.69) is 5.32 Å². The maximum absolute atomic E-state index is 12.6. The van der Waals surface area contributed by atoms with Gasteiger partial charge in [0.05, 0.1) is 4.91 Å². The highest BCUT2D eigenvalue weighted by Crippen LogP contribution is 2.32. The van der Waals surface area contributed by atoms with Gasteiger partial charge in [-0.3, -0.25) is 14.5 Å². The zero-order valence-electron chi connectivity index (χ0n) is 15.7. The number of carboxylic acid groups (broad SMARTS) is 1. The molecule has 1 atom stereocenters. The summed E-state index contributed by atoms with van der Waals surface area (Å²) in [4.78, 5) is 37.4. The summed E-state index contributed by atoms with van der Waals surface area (Å²) in [7, 11) is 0. The van der Waals surface area contributed by atoms with Crippen LogP contribution in [0.1, 0.15) is 32.3 Å². The Morgan fingerprint density at radius 1 is 1.32 bits per heavy atom. The lowest BCUT2D eigenvalue weighted by atomic mass is 10.1.